The summed E-state index contributed by atoms with van der Waals surface area (Å²) in [6.45, 7) is 4.86. The zero-order valence-corrected chi connectivity index (χ0v) is 10.1. The van der Waals surface area contributed by atoms with Crippen molar-refractivity contribution in [3.05, 3.63) is 35.6 Å². The highest BCUT2D eigenvalue weighted by molar-refractivity contribution is 5.33. The number of rotatable bonds is 3. The van der Waals surface area contributed by atoms with Crippen LogP contribution in [0.2, 0.25) is 0 Å². The molecule has 0 bridgehead atoms. The van der Waals surface area contributed by atoms with Crippen molar-refractivity contribution in [2.24, 2.45) is 11.8 Å². The first-order valence-corrected chi connectivity index (χ1v) is 5.84. The van der Waals surface area contributed by atoms with Gasteiger partial charge < -0.3 is 4.74 Å². The molecule has 0 aliphatic carbocycles. The van der Waals surface area contributed by atoms with Gasteiger partial charge in [-0.3, -0.25) is 0 Å². The number of ether oxygens (including phenoxy) is 1. The van der Waals surface area contributed by atoms with Gasteiger partial charge in [-0.05, 0) is 17.5 Å². The highest BCUT2D eigenvalue weighted by Crippen LogP contribution is 2.43. The second-order valence-electron chi connectivity index (χ2n) is 4.98. The number of benzene rings is 1. The van der Waals surface area contributed by atoms with Gasteiger partial charge >= 0.3 is 0 Å². The Morgan fingerprint density at radius 1 is 1.35 bits per heavy atom. The van der Waals surface area contributed by atoms with Crippen LogP contribution in [-0.4, -0.2) is 13.2 Å². The van der Waals surface area contributed by atoms with Crippen LogP contribution in [0, 0.1) is 29.0 Å². The van der Waals surface area contributed by atoms with Crippen LogP contribution in [0.1, 0.15) is 19.4 Å². The topological polar surface area (TPSA) is 33.0 Å². The van der Waals surface area contributed by atoms with Crippen molar-refractivity contribution >= 4 is 0 Å². The average molecular weight is 233 g/mol. The minimum Gasteiger partial charge on any atom is -0.379 e. The van der Waals surface area contributed by atoms with Gasteiger partial charge in [0.1, 0.15) is 5.82 Å². The molecule has 1 aromatic carbocycles. The van der Waals surface area contributed by atoms with Gasteiger partial charge in [0.2, 0.25) is 0 Å². The van der Waals surface area contributed by atoms with E-state index in [4.69, 9.17) is 4.74 Å². The summed E-state index contributed by atoms with van der Waals surface area (Å²) in [7, 11) is 0. The summed E-state index contributed by atoms with van der Waals surface area (Å²) >= 11 is 0. The van der Waals surface area contributed by atoms with E-state index >= 15 is 0 Å². The van der Waals surface area contributed by atoms with Gasteiger partial charge in [-0.2, -0.15) is 5.26 Å². The second kappa shape index (κ2) is 4.46. The number of halogens is 1. The first kappa shape index (κ1) is 12.1. The Labute approximate surface area is 101 Å². The molecule has 1 aliphatic rings. The molecule has 2 nitrogen and oxygen atoms in total. The van der Waals surface area contributed by atoms with E-state index in [9.17, 15) is 9.65 Å². The maximum absolute atomic E-state index is 13.9. The summed E-state index contributed by atoms with van der Waals surface area (Å²) in [5.41, 5.74) is 0.153. The van der Waals surface area contributed by atoms with Gasteiger partial charge in [-0.1, -0.05) is 32.0 Å². The second-order valence-corrected chi connectivity index (χ2v) is 4.98. The van der Waals surface area contributed by atoms with Crippen LogP contribution in [0.15, 0.2) is 24.3 Å². The Hall–Kier alpha value is -1.40. The lowest BCUT2D eigenvalue weighted by Crippen LogP contribution is -2.54. The van der Waals surface area contributed by atoms with Crippen molar-refractivity contribution in [1.82, 2.24) is 0 Å². The van der Waals surface area contributed by atoms with Crippen molar-refractivity contribution in [2.75, 3.05) is 13.2 Å². The van der Waals surface area contributed by atoms with E-state index in [1.165, 1.54) is 6.07 Å². The largest absolute Gasteiger partial charge is 0.379 e. The molecule has 1 fully saturated rings. The molecule has 0 amide bonds. The van der Waals surface area contributed by atoms with E-state index in [1.807, 2.05) is 19.9 Å². The van der Waals surface area contributed by atoms with Crippen LogP contribution < -0.4 is 0 Å². The monoisotopic (exact) mass is 233 g/mol. The quantitative estimate of drug-likeness (QED) is 0.804. The molecule has 2 rings (SSSR count). The van der Waals surface area contributed by atoms with Crippen molar-refractivity contribution in [3.8, 4) is 6.07 Å². The van der Waals surface area contributed by atoms with Crippen molar-refractivity contribution in [2.45, 2.75) is 19.3 Å². The third-order valence-electron chi connectivity index (χ3n) is 3.53. The molecular formula is C14H16FNO. The Kier molecular flexibility index (Phi) is 3.17. The van der Waals surface area contributed by atoms with Gasteiger partial charge in [-0.15, -0.1) is 0 Å². The van der Waals surface area contributed by atoms with E-state index in [0.29, 0.717) is 18.8 Å². The minimum atomic E-state index is -0.464. The highest BCUT2D eigenvalue weighted by Gasteiger charge is 2.49. The van der Waals surface area contributed by atoms with Gasteiger partial charge in [0.05, 0.1) is 30.6 Å². The lowest BCUT2D eigenvalue weighted by atomic mass is 9.65. The fraction of sp³-hybridized carbons (Fsp3) is 0.500. The molecule has 1 heterocycles. The maximum atomic E-state index is 13.9. The maximum Gasteiger partial charge on any atom is 0.127 e. The first-order valence-electron chi connectivity index (χ1n) is 5.84. The molecular weight excluding hydrogens is 217 g/mol. The zero-order chi connectivity index (χ0) is 12.5. The molecule has 0 saturated carbocycles. The Morgan fingerprint density at radius 2 is 2.00 bits per heavy atom. The molecule has 1 atom stereocenters. The van der Waals surface area contributed by atoms with E-state index in [0.717, 1.165) is 0 Å². The summed E-state index contributed by atoms with van der Waals surface area (Å²) in [6.07, 6.45) is 0. The molecule has 1 unspecified atom stereocenters. The van der Waals surface area contributed by atoms with Crippen LogP contribution in [0.4, 0.5) is 4.39 Å². The molecule has 0 radical (unpaired) electrons. The summed E-state index contributed by atoms with van der Waals surface area (Å²) in [5.74, 6) is -0.270. The standard InChI is InChI=1S/C14H16FNO/c1-10(2)12(7-16)14(8-17-9-14)11-5-3-4-6-13(11)15/h3-6,10,12H,8-9H2,1-2H3. The smallest absolute Gasteiger partial charge is 0.127 e. The van der Waals surface area contributed by atoms with Crippen molar-refractivity contribution in [3.63, 3.8) is 0 Å². The minimum absolute atomic E-state index is 0.184. The zero-order valence-electron chi connectivity index (χ0n) is 10.1. The molecule has 1 aromatic rings. The van der Waals surface area contributed by atoms with Crippen molar-refractivity contribution in [1.29, 1.82) is 5.26 Å². The number of nitriles is 1. The highest BCUT2D eigenvalue weighted by atomic mass is 19.1. The van der Waals surface area contributed by atoms with Crippen LogP contribution in [0.5, 0.6) is 0 Å². The summed E-state index contributed by atoms with van der Waals surface area (Å²) in [4.78, 5) is 0. The molecule has 0 N–H and O–H groups in total. The Bertz CT molecular complexity index is 446. The van der Waals surface area contributed by atoms with Gasteiger partial charge in [0, 0.05) is 0 Å². The van der Waals surface area contributed by atoms with Gasteiger partial charge in [-0.25, -0.2) is 4.39 Å². The molecule has 17 heavy (non-hydrogen) atoms. The third kappa shape index (κ3) is 1.83. The van der Waals surface area contributed by atoms with Crippen LogP contribution in [0.25, 0.3) is 0 Å². The summed E-state index contributed by atoms with van der Waals surface area (Å²) < 4.78 is 19.2. The van der Waals surface area contributed by atoms with Gasteiger partial charge in [0.25, 0.3) is 0 Å². The Morgan fingerprint density at radius 3 is 2.41 bits per heavy atom. The lowest BCUT2D eigenvalue weighted by molar-refractivity contribution is -0.0892. The molecule has 1 aliphatic heterocycles. The van der Waals surface area contributed by atoms with Gasteiger partial charge in [0.15, 0.2) is 0 Å². The fourth-order valence-corrected chi connectivity index (χ4v) is 2.60. The van der Waals surface area contributed by atoms with E-state index in [1.54, 1.807) is 12.1 Å². The van der Waals surface area contributed by atoms with Crippen LogP contribution >= 0.6 is 0 Å². The molecule has 0 aromatic heterocycles. The predicted molar refractivity (Wildman–Crippen MR) is 62.8 cm³/mol. The third-order valence-corrected chi connectivity index (χ3v) is 3.53. The van der Waals surface area contributed by atoms with E-state index in [2.05, 4.69) is 6.07 Å². The van der Waals surface area contributed by atoms with Crippen LogP contribution in [-0.2, 0) is 10.2 Å². The number of nitrogens with zero attached hydrogens (tertiary/aromatic N) is 1. The molecule has 90 valence electrons. The van der Waals surface area contributed by atoms with Crippen LogP contribution in [0.3, 0.4) is 0 Å². The normalized spacial score (nSPS) is 19.5. The lowest BCUT2D eigenvalue weighted by Gasteiger charge is -2.46. The van der Waals surface area contributed by atoms with E-state index < -0.39 is 5.41 Å². The SMILES string of the molecule is CC(C)C(C#N)C1(c2ccccc2F)COC1. The molecule has 1 saturated heterocycles. The summed E-state index contributed by atoms with van der Waals surface area (Å²) in [5, 5.41) is 9.32. The van der Waals surface area contributed by atoms with E-state index in [-0.39, 0.29) is 17.7 Å². The van der Waals surface area contributed by atoms with Crippen molar-refractivity contribution < 1.29 is 9.13 Å². The number of hydrogen-bond acceptors (Lipinski definition) is 2. The Balaban J connectivity index is 2.45. The first-order chi connectivity index (χ1) is 8.12. The average Bonchev–Trinajstić information content (AvgIpc) is 2.24. The summed E-state index contributed by atoms with van der Waals surface area (Å²) in [6, 6.07) is 9.02. The number of hydrogen-bond donors (Lipinski definition) is 0. The fourth-order valence-electron chi connectivity index (χ4n) is 2.60. The predicted octanol–water partition coefficient (Wildman–Crippen LogP) is 2.89. The molecule has 3 heteroatoms. The molecule has 0 spiro atoms.